The maximum absolute atomic E-state index is 12.6. The summed E-state index contributed by atoms with van der Waals surface area (Å²) in [4.78, 5) is 31.5. The normalized spacial score (nSPS) is 10.2. The van der Waals surface area contributed by atoms with Crippen LogP contribution in [-0.2, 0) is 4.79 Å². The van der Waals surface area contributed by atoms with Gasteiger partial charge in [0.25, 0.3) is 5.56 Å². The molecule has 0 spiro atoms. The number of hydrogen-bond acceptors (Lipinski definition) is 3. The van der Waals surface area contributed by atoms with Crippen LogP contribution in [0.1, 0.15) is 13.3 Å². The van der Waals surface area contributed by atoms with Crippen LogP contribution in [0.3, 0.4) is 0 Å². The standard InChI is InChI=1S/C18H15N5O2/c1-3-17(24)22-14-8-9-16(20-10-14)23-18(25)15(11-21-23)12-4-6-13(19-2)7-5-12/h4-11,21H,3H2,1H3,(H,22,24). The maximum Gasteiger partial charge on any atom is 0.280 e. The minimum Gasteiger partial charge on any atom is -0.325 e. The summed E-state index contributed by atoms with van der Waals surface area (Å²) in [5.74, 6) is 0.320. The monoisotopic (exact) mass is 333 g/mol. The van der Waals surface area contributed by atoms with Crippen LogP contribution < -0.4 is 10.9 Å². The van der Waals surface area contributed by atoms with E-state index >= 15 is 0 Å². The van der Waals surface area contributed by atoms with E-state index in [0.717, 1.165) is 5.56 Å². The number of rotatable bonds is 4. The fourth-order valence-electron chi connectivity index (χ4n) is 2.30. The number of anilines is 1. The Morgan fingerprint density at radius 1 is 1.28 bits per heavy atom. The van der Waals surface area contributed by atoms with E-state index in [2.05, 4.69) is 20.2 Å². The molecule has 0 unspecified atom stereocenters. The molecule has 124 valence electrons. The van der Waals surface area contributed by atoms with Crippen molar-refractivity contribution in [3.63, 3.8) is 0 Å². The summed E-state index contributed by atoms with van der Waals surface area (Å²) in [7, 11) is 0. The zero-order valence-corrected chi connectivity index (χ0v) is 13.5. The second kappa shape index (κ2) is 6.84. The summed E-state index contributed by atoms with van der Waals surface area (Å²) in [6.45, 7) is 8.73. The molecule has 2 heterocycles. The molecule has 0 aliphatic heterocycles. The molecule has 1 amide bonds. The first-order valence-electron chi connectivity index (χ1n) is 7.67. The van der Waals surface area contributed by atoms with Gasteiger partial charge in [-0.25, -0.2) is 14.5 Å². The zero-order chi connectivity index (χ0) is 17.8. The van der Waals surface area contributed by atoms with Gasteiger partial charge < -0.3 is 5.32 Å². The van der Waals surface area contributed by atoms with E-state index < -0.39 is 0 Å². The SMILES string of the molecule is [C-]#[N+]c1ccc(-c2c[nH]n(-c3ccc(NC(=O)CC)cn3)c2=O)cc1. The lowest BCUT2D eigenvalue weighted by Gasteiger charge is -2.04. The Labute approximate surface area is 143 Å². The third kappa shape index (κ3) is 3.33. The van der Waals surface area contributed by atoms with Crippen LogP contribution in [0.4, 0.5) is 11.4 Å². The van der Waals surface area contributed by atoms with E-state index in [9.17, 15) is 9.59 Å². The summed E-state index contributed by atoms with van der Waals surface area (Å²) < 4.78 is 1.32. The molecule has 0 bridgehead atoms. The van der Waals surface area contributed by atoms with Gasteiger partial charge in [-0.15, -0.1) is 0 Å². The first-order valence-corrected chi connectivity index (χ1v) is 7.67. The number of benzene rings is 1. The summed E-state index contributed by atoms with van der Waals surface area (Å²) in [5, 5.41) is 5.59. The van der Waals surface area contributed by atoms with Crippen LogP contribution in [0.2, 0.25) is 0 Å². The highest BCUT2D eigenvalue weighted by molar-refractivity contribution is 5.90. The molecule has 25 heavy (non-hydrogen) atoms. The van der Waals surface area contributed by atoms with Gasteiger partial charge in [-0.2, -0.15) is 0 Å². The van der Waals surface area contributed by atoms with Crippen molar-refractivity contribution in [2.75, 3.05) is 5.32 Å². The van der Waals surface area contributed by atoms with Crippen molar-refractivity contribution in [3.05, 3.63) is 70.6 Å². The number of pyridine rings is 1. The van der Waals surface area contributed by atoms with E-state index in [4.69, 9.17) is 6.57 Å². The van der Waals surface area contributed by atoms with Crippen molar-refractivity contribution in [3.8, 4) is 16.9 Å². The third-order valence-electron chi connectivity index (χ3n) is 3.66. The van der Waals surface area contributed by atoms with Crippen molar-refractivity contribution in [2.45, 2.75) is 13.3 Å². The molecule has 0 fully saturated rings. The Bertz CT molecular complexity index is 992. The summed E-state index contributed by atoms with van der Waals surface area (Å²) in [5.41, 5.74) is 2.06. The molecule has 2 N–H and O–H groups in total. The molecule has 3 rings (SSSR count). The quantitative estimate of drug-likeness (QED) is 0.720. The second-order valence-electron chi connectivity index (χ2n) is 5.29. The van der Waals surface area contributed by atoms with Crippen molar-refractivity contribution < 1.29 is 4.79 Å². The molecule has 0 atom stereocenters. The third-order valence-corrected chi connectivity index (χ3v) is 3.66. The van der Waals surface area contributed by atoms with Crippen LogP contribution in [0.25, 0.3) is 21.8 Å². The summed E-state index contributed by atoms with van der Waals surface area (Å²) >= 11 is 0. The Balaban J connectivity index is 1.89. The van der Waals surface area contributed by atoms with Crippen molar-refractivity contribution >= 4 is 17.3 Å². The second-order valence-corrected chi connectivity index (χ2v) is 5.29. The number of aromatic amines is 1. The van der Waals surface area contributed by atoms with Crippen molar-refractivity contribution in [1.82, 2.24) is 14.8 Å². The minimum atomic E-state index is -0.242. The van der Waals surface area contributed by atoms with Crippen LogP contribution in [0.5, 0.6) is 0 Å². The molecule has 0 radical (unpaired) electrons. The number of H-pyrrole nitrogens is 1. The smallest absolute Gasteiger partial charge is 0.280 e. The van der Waals surface area contributed by atoms with Gasteiger partial charge in [0.2, 0.25) is 5.91 Å². The lowest BCUT2D eigenvalue weighted by molar-refractivity contribution is -0.115. The average Bonchev–Trinajstić information content (AvgIpc) is 3.04. The molecule has 0 aliphatic rings. The molecule has 0 aliphatic carbocycles. The first-order chi connectivity index (χ1) is 12.1. The van der Waals surface area contributed by atoms with Crippen LogP contribution in [0, 0.1) is 6.57 Å². The molecule has 1 aromatic carbocycles. The number of carbonyl (C=O) groups excluding carboxylic acids is 1. The van der Waals surface area contributed by atoms with E-state index in [1.54, 1.807) is 49.5 Å². The molecule has 7 heteroatoms. The van der Waals surface area contributed by atoms with E-state index in [1.165, 1.54) is 10.9 Å². The zero-order valence-electron chi connectivity index (χ0n) is 13.5. The van der Waals surface area contributed by atoms with Gasteiger partial charge in [-0.3, -0.25) is 14.7 Å². The van der Waals surface area contributed by atoms with Crippen molar-refractivity contribution in [1.29, 1.82) is 0 Å². The number of nitrogens with one attached hydrogen (secondary N) is 2. The lowest BCUT2D eigenvalue weighted by atomic mass is 10.1. The van der Waals surface area contributed by atoms with Crippen LogP contribution in [-0.4, -0.2) is 20.7 Å². The Kier molecular flexibility index (Phi) is 4.44. The Morgan fingerprint density at radius 3 is 2.64 bits per heavy atom. The van der Waals surface area contributed by atoms with E-state index in [-0.39, 0.29) is 11.5 Å². The molecule has 3 aromatic rings. The number of hydrogen-bond donors (Lipinski definition) is 2. The Hall–Kier alpha value is -3.66. The highest BCUT2D eigenvalue weighted by Crippen LogP contribution is 2.20. The van der Waals surface area contributed by atoms with Gasteiger partial charge in [0.05, 0.1) is 24.0 Å². The van der Waals surface area contributed by atoms with Crippen LogP contribution >= 0.6 is 0 Å². The average molecular weight is 333 g/mol. The topological polar surface area (TPSA) is 84.1 Å². The lowest BCUT2D eigenvalue weighted by Crippen LogP contribution is -2.17. The number of carbonyl (C=O) groups is 1. The highest BCUT2D eigenvalue weighted by Gasteiger charge is 2.11. The predicted octanol–water partition coefficient (Wildman–Crippen LogP) is 3.13. The van der Waals surface area contributed by atoms with Crippen molar-refractivity contribution in [2.24, 2.45) is 0 Å². The molecule has 0 saturated carbocycles. The summed E-state index contributed by atoms with van der Waals surface area (Å²) in [6, 6.07) is 10.1. The molecular weight excluding hydrogens is 318 g/mol. The molecule has 2 aromatic heterocycles. The predicted molar refractivity (Wildman–Crippen MR) is 94.8 cm³/mol. The number of amides is 1. The molecule has 0 saturated heterocycles. The fourth-order valence-corrected chi connectivity index (χ4v) is 2.30. The maximum atomic E-state index is 12.6. The number of nitrogens with zero attached hydrogens (tertiary/aromatic N) is 3. The number of aromatic nitrogens is 3. The molecule has 7 nitrogen and oxygen atoms in total. The highest BCUT2D eigenvalue weighted by atomic mass is 16.1. The fraction of sp³-hybridized carbons (Fsp3) is 0.111. The minimum absolute atomic E-state index is 0.100. The van der Waals surface area contributed by atoms with E-state index in [1.807, 2.05) is 0 Å². The van der Waals surface area contributed by atoms with Gasteiger partial charge in [0.15, 0.2) is 11.5 Å². The van der Waals surface area contributed by atoms with Crippen LogP contribution in [0.15, 0.2) is 53.6 Å². The van der Waals surface area contributed by atoms with Gasteiger partial charge in [0.1, 0.15) is 0 Å². The Morgan fingerprint density at radius 2 is 2.04 bits per heavy atom. The van der Waals surface area contributed by atoms with Gasteiger partial charge in [0, 0.05) is 12.6 Å². The largest absolute Gasteiger partial charge is 0.325 e. The van der Waals surface area contributed by atoms with Gasteiger partial charge in [-0.1, -0.05) is 31.2 Å². The molecular formula is C18H15N5O2. The van der Waals surface area contributed by atoms with E-state index in [0.29, 0.717) is 29.2 Å². The first kappa shape index (κ1) is 16.2. The summed E-state index contributed by atoms with van der Waals surface area (Å²) in [6.07, 6.45) is 3.48. The van der Waals surface area contributed by atoms with Gasteiger partial charge >= 0.3 is 0 Å². The van der Waals surface area contributed by atoms with Gasteiger partial charge in [-0.05, 0) is 17.7 Å².